The van der Waals surface area contributed by atoms with Gasteiger partial charge in [-0.15, -0.1) is 11.3 Å². The Labute approximate surface area is 228 Å². The number of aryl methyl sites for hydroxylation is 1. The van der Waals surface area contributed by atoms with Crippen LogP contribution in [0.15, 0.2) is 36.7 Å². The second-order valence-electron chi connectivity index (χ2n) is 10.2. The van der Waals surface area contributed by atoms with Crippen LogP contribution in [-0.2, 0) is 21.3 Å². The van der Waals surface area contributed by atoms with E-state index in [1.54, 1.807) is 18.3 Å². The molecule has 1 aliphatic heterocycles. The Morgan fingerprint density at radius 2 is 1.95 bits per heavy atom. The van der Waals surface area contributed by atoms with Crippen LogP contribution in [0.5, 0.6) is 0 Å². The maximum atomic E-state index is 13.0. The normalized spacial score (nSPS) is 23.8. The minimum absolute atomic E-state index is 0.00814. The lowest BCUT2D eigenvalue weighted by atomic mass is 9.82. The molecule has 5 rings (SSSR count). The van der Waals surface area contributed by atoms with Crippen LogP contribution in [0.25, 0.3) is 10.4 Å². The van der Waals surface area contributed by atoms with E-state index in [4.69, 9.17) is 4.74 Å². The SMILES string of the molecule is Cc1cc(Nc2nccc(C(F)(F)F)n2)cc(-c2cnc([C@]3(O)CC[C@H](NC(=O)C4CCCCO4)CC3)s2)c1. The fraction of sp³-hybridized carbons (Fsp3) is 0.481. The van der Waals surface area contributed by atoms with Gasteiger partial charge in [-0.3, -0.25) is 4.79 Å². The number of ether oxygens (including phenoxy) is 1. The summed E-state index contributed by atoms with van der Waals surface area (Å²) in [6, 6.07) is 6.34. The summed E-state index contributed by atoms with van der Waals surface area (Å²) in [4.78, 5) is 25.3. The van der Waals surface area contributed by atoms with Crippen molar-refractivity contribution in [2.45, 2.75) is 75.8 Å². The van der Waals surface area contributed by atoms with E-state index in [0.29, 0.717) is 43.0 Å². The van der Waals surface area contributed by atoms with Crippen molar-refractivity contribution in [2.24, 2.45) is 0 Å². The van der Waals surface area contributed by atoms with Gasteiger partial charge in [0.2, 0.25) is 11.9 Å². The zero-order valence-electron chi connectivity index (χ0n) is 21.4. The number of thiazole rings is 1. The molecule has 1 atom stereocenters. The lowest BCUT2D eigenvalue weighted by Crippen LogP contribution is -2.47. The molecule has 0 radical (unpaired) electrons. The van der Waals surface area contributed by atoms with Crippen LogP contribution in [0.3, 0.4) is 0 Å². The number of alkyl halides is 3. The van der Waals surface area contributed by atoms with Gasteiger partial charge in [0.15, 0.2) is 0 Å². The molecule has 1 aromatic carbocycles. The van der Waals surface area contributed by atoms with Gasteiger partial charge >= 0.3 is 6.18 Å². The maximum Gasteiger partial charge on any atom is 0.433 e. The molecule has 1 amide bonds. The molecule has 1 unspecified atom stereocenters. The molecule has 39 heavy (non-hydrogen) atoms. The molecule has 12 heteroatoms. The molecule has 0 bridgehead atoms. The third kappa shape index (κ3) is 6.56. The second kappa shape index (κ2) is 11.2. The van der Waals surface area contributed by atoms with E-state index in [1.807, 2.05) is 13.0 Å². The van der Waals surface area contributed by atoms with Crippen molar-refractivity contribution in [3.05, 3.63) is 52.9 Å². The summed E-state index contributed by atoms with van der Waals surface area (Å²) in [7, 11) is 0. The van der Waals surface area contributed by atoms with Crippen molar-refractivity contribution >= 4 is 28.9 Å². The van der Waals surface area contributed by atoms with Gasteiger partial charge in [0.1, 0.15) is 22.4 Å². The fourth-order valence-electron chi connectivity index (χ4n) is 5.02. The van der Waals surface area contributed by atoms with Crippen molar-refractivity contribution < 1.29 is 27.8 Å². The fourth-order valence-corrected chi connectivity index (χ4v) is 6.07. The van der Waals surface area contributed by atoms with Gasteiger partial charge < -0.3 is 20.5 Å². The van der Waals surface area contributed by atoms with Crippen LogP contribution in [0.4, 0.5) is 24.8 Å². The van der Waals surface area contributed by atoms with E-state index in [9.17, 15) is 23.1 Å². The number of amides is 1. The summed E-state index contributed by atoms with van der Waals surface area (Å²) in [5.74, 6) is -0.222. The van der Waals surface area contributed by atoms with Crippen LogP contribution >= 0.6 is 11.3 Å². The molecule has 1 saturated carbocycles. The highest BCUT2D eigenvalue weighted by atomic mass is 32.1. The molecular weight excluding hydrogens is 531 g/mol. The molecule has 1 aliphatic carbocycles. The first-order valence-electron chi connectivity index (χ1n) is 13.0. The number of carbonyl (C=O) groups is 1. The second-order valence-corrected chi connectivity index (χ2v) is 11.2. The van der Waals surface area contributed by atoms with Gasteiger partial charge in [0.25, 0.3) is 0 Å². The van der Waals surface area contributed by atoms with E-state index in [1.165, 1.54) is 11.3 Å². The molecule has 0 spiro atoms. The smallest absolute Gasteiger partial charge is 0.383 e. The number of aliphatic hydroxyl groups is 1. The van der Waals surface area contributed by atoms with E-state index in [2.05, 4.69) is 25.6 Å². The largest absolute Gasteiger partial charge is 0.433 e. The Morgan fingerprint density at radius 3 is 2.67 bits per heavy atom. The highest BCUT2D eigenvalue weighted by Crippen LogP contribution is 2.41. The van der Waals surface area contributed by atoms with Gasteiger partial charge in [-0.2, -0.15) is 13.2 Å². The number of nitrogens with one attached hydrogen (secondary N) is 2. The summed E-state index contributed by atoms with van der Waals surface area (Å²) in [5, 5.41) is 17.9. The number of halogens is 3. The van der Waals surface area contributed by atoms with Crippen molar-refractivity contribution in [1.29, 1.82) is 0 Å². The number of hydrogen-bond donors (Lipinski definition) is 3. The van der Waals surface area contributed by atoms with E-state index < -0.39 is 17.5 Å². The number of hydrogen-bond acceptors (Lipinski definition) is 8. The molecule has 3 N–H and O–H groups in total. The van der Waals surface area contributed by atoms with Crippen molar-refractivity contribution in [3.8, 4) is 10.4 Å². The Balaban J connectivity index is 1.25. The van der Waals surface area contributed by atoms with Crippen molar-refractivity contribution in [1.82, 2.24) is 20.3 Å². The predicted octanol–water partition coefficient (Wildman–Crippen LogP) is 5.49. The first kappa shape index (κ1) is 27.5. The monoisotopic (exact) mass is 561 g/mol. The average Bonchev–Trinajstić information content (AvgIpc) is 3.42. The topological polar surface area (TPSA) is 109 Å². The zero-order chi connectivity index (χ0) is 27.6. The maximum absolute atomic E-state index is 13.0. The molecule has 208 valence electrons. The third-order valence-electron chi connectivity index (χ3n) is 7.10. The quantitative estimate of drug-likeness (QED) is 0.365. The first-order valence-corrected chi connectivity index (χ1v) is 13.8. The average molecular weight is 562 g/mol. The number of anilines is 2. The highest BCUT2D eigenvalue weighted by Gasteiger charge is 2.38. The lowest BCUT2D eigenvalue weighted by Gasteiger charge is -2.35. The van der Waals surface area contributed by atoms with Crippen LogP contribution < -0.4 is 10.6 Å². The number of nitrogens with zero attached hydrogens (tertiary/aromatic N) is 3. The predicted molar refractivity (Wildman–Crippen MR) is 140 cm³/mol. The van der Waals surface area contributed by atoms with Gasteiger partial charge in [0.05, 0.1) is 4.88 Å². The van der Waals surface area contributed by atoms with Crippen LogP contribution in [0.1, 0.15) is 61.2 Å². The molecule has 2 aliphatic rings. The minimum Gasteiger partial charge on any atom is -0.383 e. The Hall–Kier alpha value is -3.09. The minimum atomic E-state index is -4.56. The van der Waals surface area contributed by atoms with Crippen molar-refractivity contribution in [2.75, 3.05) is 11.9 Å². The van der Waals surface area contributed by atoms with E-state index in [-0.39, 0.29) is 24.0 Å². The van der Waals surface area contributed by atoms with Crippen molar-refractivity contribution in [3.63, 3.8) is 0 Å². The number of carbonyl (C=O) groups excluding carboxylic acids is 1. The number of rotatable bonds is 6. The standard InChI is InChI=1S/C27H30F3N5O3S/c1-16-12-17(14-19(13-16)34-25-31-10-7-22(35-25)27(28,29)30)21-15-32-24(39-21)26(37)8-5-18(6-9-26)33-23(36)20-4-2-3-11-38-20/h7,10,12-15,18,20,37H,2-6,8-9,11H2,1H3,(H,33,36)(H,31,34,35)/t18-,20?,26-. The van der Waals surface area contributed by atoms with Gasteiger partial charge in [-0.25, -0.2) is 15.0 Å². The summed E-state index contributed by atoms with van der Waals surface area (Å²) in [5.41, 5.74) is 0.127. The molecule has 8 nitrogen and oxygen atoms in total. The highest BCUT2D eigenvalue weighted by molar-refractivity contribution is 7.15. The number of benzene rings is 1. The van der Waals surface area contributed by atoms with Gasteiger partial charge in [-0.05, 0) is 81.2 Å². The molecule has 2 aromatic heterocycles. The molecule has 2 fully saturated rings. The summed E-state index contributed by atoms with van der Waals surface area (Å²) in [6.07, 6.45) is 2.77. The summed E-state index contributed by atoms with van der Waals surface area (Å²) < 4.78 is 44.7. The van der Waals surface area contributed by atoms with E-state index in [0.717, 1.165) is 47.5 Å². The Kier molecular flexibility index (Phi) is 7.88. The first-order chi connectivity index (χ1) is 18.6. The van der Waals surface area contributed by atoms with Crippen LogP contribution in [0, 0.1) is 6.92 Å². The third-order valence-corrected chi connectivity index (χ3v) is 8.34. The summed E-state index contributed by atoms with van der Waals surface area (Å²) >= 11 is 1.38. The van der Waals surface area contributed by atoms with Crippen LogP contribution in [0.2, 0.25) is 0 Å². The Bertz CT molecular complexity index is 1320. The molecule has 1 saturated heterocycles. The molecule has 3 aromatic rings. The molecule has 3 heterocycles. The molecular formula is C27H30F3N5O3S. The van der Waals surface area contributed by atoms with Gasteiger partial charge in [-0.1, -0.05) is 6.07 Å². The number of aromatic nitrogens is 3. The van der Waals surface area contributed by atoms with Crippen LogP contribution in [-0.4, -0.2) is 44.7 Å². The zero-order valence-corrected chi connectivity index (χ0v) is 22.2. The summed E-state index contributed by atoms with van der Waals surface area (Å²) in [6.45, 7) is 2.50. The van der Waals surface area contributed by atoms with E-state index >= 15 is 0 Å². The van der Waals surface area contributed by atoms with Gasteiger partial charge in [0, 0.05) is 30.7 Å². The lowest BCUT2D eigenvalue weighted by molar-refractivity contribution is -0.141. The Morgan fingerprint density at radius 1 is 1.15 bits per heavy atom.